The molecule has 0 fully saturated rings. The number of hydrogen-bond acceptors (Lipinski definition) is 2. The van der Waals surface area contributed by atoms with Gasteiger partial charge in [0, 0.05) is 23.3 Å². The predicted octanol–water partition coefficient (Wildman–Crippen LogP) is 4.75. The van der Waals surface area contributed by atoms with Gasteiger partial charge in [-0.15, -0.1) is 0 Å². The second-order valence-electron chi connectivity index (χ2n) is 5.75. The average Bonchev–Trinajstić information content (AvgIpc) is 3.07. The van der Waals surface area contributed by atoms with Gasteiger partial charge in [0.2, 0.25) is 0 Å². The first-order chi connectivity index (χ1) is 11.9. The molecule has 1 atom stereocenters. The zero-order valence-electron chi connectivity index (χ0n) is 13.4. The summed E-state index contributed by atoms with van der Waals surface area (Å²) in [5.41, 5.74) is 4.60. The number of nitrogens with one attached hydrogen (secondary N) is 1. The van der Waals surface area contributed by atoms with Crippen molar-refractivity contribution in [3.05, 3.63) is 95.9 Å². The fraction of sp³-hybridized carbons (Fsp3) is 0.0952. The molecule has 0 radical (unpaired) electrons. The number of ether oxygens (including phenoxy) is 1. The summed E-state index contributed by atoms with van der Waals surface area (Å²) < 4.78 is 5.29. The molecule has 2 aromatic heterocycles. The minimum Gasteiger partial charge on any atom is -0.497 e. The number of rotatable bonds is 4. The maximum atomic E-state index is 5.29. The van der Waals surface area contributed by atoms with Crippen molar-refractivity contribution < 1.29 is 4.74 Å². The monoisotopic (exact) mass is 314 g/mol. The van der Waals surface area contributed by atoms with Gasteiger partial charge in [-0.2, -0.15) is 0 Å². The summed E-state index contributed by atoms with van der Waals surface area (Å²) in [5, 5.41) is 1.23. The third kappa shape index (κ3) is 2.54. The molecule has 4 rings (SSSR count). The van der Waals surface area contributed by atoms with E-state index in [9.17, 15) is 0 Å². The van der Waals surface area contributed by atoms with Gasteiger partial charge >= 0.3 is 0 Å². The van der Waals surface area contributed by atoms with Crippen LogP contribution in [0.5, 0.6) is 5.75 Å². The molecule has 0 spiro atoms. The quantitative estimate of drug-likeness (QED) is 0.590. The van der Waals surface area contributed by atoms with Gasteiger partial charge in [-0.05, 0) is 41.5 Å². The number of methoxy groups -OCH3 is 1. The number of H-pyrrole nitrogens is 1. The van der Waals surface area contributed by atoms with Crippen molar-refractivity contribution in [3.63, 3.8) is 0 Å². The molecule has 0 aliphatic carbocycles. The predicted molar refractivity (Wildman–Crippen MR) is 96.5 cm³/mol. The van der Waals surface area contributed by atoms with E-state index in [0.717, 1.165) is 17.0 Å². The van der Waals surface area contributed by atoms with Gasteiger partial charge in [0.05, 0.1) is 18.7 Å². The van der Waals surface area contributed by atoms with Crippen LogP contribution in [-0.4, -0.2) is 17.1 Å². The van der Waals surface area contributed by atoms with E-state index in [0.29, 0.717) is 0 Å². The molecule has 0 amide bonds. The molecule has 2 heterocycles. The SMILES string of the molecule is COc1ccc(C(c2ccccn2)c2c[nH]c3ccccc23)cc1. The van der Waals surface area contributed by atoms with Gasteiger partial charge in [-0.1, -0.05) is 36.4 Å². The van der Waals surface area contributed by atoms with Crippen LogP contribution in [0.1, 0.15) is 22.7 Å². The fourth-order valence-electron chi connectivity index (χ4n) is 3.19. The second kappa shape index (κ2) is 6.20. The van der Waals surface area contributed by atoms with Gasteiger partial charge < -0.3 is 9.72 Å². The molecule has 4 aromatic rings. The van der Waals surface area contributed by atoms with Crippen LogP contribution in [0, 0.1) is 0 Å². The Morgan fingerprint density at radius 1 is 0.917 bits per heavy atom. The molecule has 24 heavy (non-hydrogen) atoms. The van der Waals surface area contributed by atoms with Crippen molar-refractivity contribution in [2.75, 3.05) is 7.11 Å². The number of aromatic amines is 1. The molecule has 3 nitrogen and oxygen atoms in total. The highest BCUT2D eigenvalue weighted by atomic mass is 16.5. The first-order valence-corrected chi connectivity index (χ1v) is 7.97. The highest BCUT2D eigenvalue weighted by Crippen LogP contribution is 2.35. The third-order valence-electron chi connectivity index (χ3n) is 4.36. The van der Waals surface area contributed by atoms with Crippen molar-refractivity contribution in [2.24, 2.45) is 0 Å². The Labute approximate surface area is 140 Å². The molecule has 3 heteroatoms. The first kappa shape index (κ1) is 14.5. The molecule has 2 aromatic carbocycles. The van der Waals surface area contributed by atoms with E-state index in [2.05, 4.69) is 52.6 Å². The van der Waals surface area contributed by atoms with E-state index < -0.39 is 0 Å². The first-order valence-electron chi connectivity index (χ1n) is 7.97. The van der Waals surface area contributed by atoms with Crippen LogP contribution >= 0.6 is 0 Å². The number of fused-ring (bicyclic) bond motifs is 1. The second-order valence-corrected chi connectivity index (χ2v) is 5.75. The minimum absolute atomic E-state index is 0.0771. The van der Waals surface area contributed by atoms with Crippen LogP contribution < -0.4 is 4.74 Å². The van der Waals surface area contributed by atoms with Gasteiger partial charge in [-0.25, -0.2) is 0 Å². The lowest BCUT2D eigenvalue weighted by molar-refractivity contribution is 0.414. The summed E-state index contributed by atoms with van der Waals surface area (Å²) in [6.07, 6.45) is 3.94. The van der Waals surface area contributed by atoms with Gasteiger partial charge in [-0.3, -0.25) is 4.98 Å². The molecule has 0 aliphatic rings. The Hall–Kier alpha value is -3.07. The van der Waals surface area contributed by atoms with Gasteiger partial charge in [0.25, 0.3) is 0 Å². The lowest BCUT2D eigenvalue weighted by Gasteiger charge is -2.17. The van der Waals surface area contributed by atoms with Crippen molar-refractivity contribution in [1.82, 2.24) is 9.97 Å². The lowest BCUT2D eigenvalue weighted by Crippen LogP contribution is -2.04. The minimum atomic E-state index is 0.0771. The molecular formula is C21H18N2O. The van der Waals surface area contributed by atoms with Gasteiger partial charge in [0.15, 0.2) is 0 Å². The van der Waals surface area contributed by atoms with Crippen LogP contribution in [-0.2, 0) is 0 Å². The Balaban J connectivity index is 1.90. The van der Waals surface area contributed by atoms with Crippen molar-refractivity contribution in [2.45, 2.75) is 5.92 Å². The maximum Gasteiger partial charge on any atom is 0.118 e. The summed E-state index contributed by atoms with van der Waals surface area (Å²) >= 11 is 0. The lowest BCUT2D eigenvalue weighted by atomic mass is 9.88. The van der Waals surface area contributed by atoms with Crippen LogP contribution in [0.4, 0.5) is 0 Å². The topological polar surface area (TPSA) is 37.9 Å². The zero-order valence-corrected chi connectivity index (χ0v) is 13.4. The molecular weight excluding hydrogens is 296 g/mol. The molecule has 1 unspecified atom stereocenters. The van der Waals surface area contributed by atoms with Crippen LogP contribution in [0.3, 0.4) is 0 Å². The van der Waals surface area contributed by atoms with E-state index in [1.807, 2.05) is 36.5 Å². The van der Waals surface area contributed by atoms with Crippen molar-refractivity contribution in [1.29, 1.82) is 0 Å². The smallest absolute Gasteiger partial charge is 0.118 e. The Kier molecular flexibility index (Phi) is 3.75. The largest absolute Gasteiger partial charge is 0.497 e. The summed E-state index contributed by atoms with van der Waals surface area (Å²) in [5.74, 6) is 0.936. The number of pyridine rings is 1. The highest BCUT2D eigenvalue weighted by molar-refractivity contribution is 5.84. The van der Waals surface area contributed by atoms with Crippen LogP contribution in [0.25, 0.3) is 10.9 Å². The molecule has 0 saturated heterocycles. The Morgan fingerprint density at radius 3 is 2.46 bits per heavy atom. The Bertz CT molecular complexity index is 942. The third-order valence-corrected chi connectivity index (χ3v) is 4.36. The fourth-order valence-corrected chi connectivity index (χ4v) is 3.19. The Morgan fingerprint density at radius 2 is 1.71 bits per heavy atom. The van der Waals surface area contributed by atoms with E-state index in [1.165, 1.54) is 16.5 Å². The van der Waals surface area contributed by atoms with E-state index in [-0.39, 0.29) is 5.92 Å². The van der Waals surface area contributed by atoms with Crippen LogP contribution in [0.15, 0.2) is 79.1 Å². The van der Waals surface area contributed by atoms with Crippen LogP contribution in [0.2, 0.25) is 0 Å². The van der Waals surface area contributed by atoms with Crippen molar-refractivity contribution >= 4 is 10.9 Å². The maximum absolute atomic E-state index is 5.29. The molecule has 0 aliphatic heterocycles. The number of hydrogen-bond donors (Lipinski definition) is 1. The van der Waals surface area contributed by atoms with E-state index in [4.69, 9.17) is 4.74 Å². The van der Waals surface area contributed by atoms with Gasteiger partial charge in [0.1, 0.15) is 5.75 Å². The molecule has 0 saturated carbocycles. The summed E-state index contributed by atoms with van der Waals surface area (Å²) in [7, 11) is 1.69. The van der Waals surface area contributed by atoms with Crippen molar-refractivity contribution in [3.8, 4) is 5.75 Å². The van der Waals surface area contributed by atoms with E-state index >= 15 is 0 Å². The number of nitrogens with zero attached hydrogens (tertiary/aromatic N) is 1. The summed E-state index contributed by atoms with van der Waals surface area (Å²) in [6.45, 7) is 0. The molecule has 1 N–H and O–H groups in total. The average molecular weight is 314 g/mol. The molecule has 118 valence electrons. The number of para-hydroxylation sites is 1. The normalized spacial score (nSPS) is 12.2. The summed E-state index contributed by atoms with van der Waals surface area (Å²) in [6, 6.07) is 22.7. The molecule has 0 bridgehead atoms. The zero-order chi connectivity index (χ0) is 16.4. The standard InChI is InChI=1S/C21H18N2O/c1-24-16-11-9-15(10-12-16)21(20-8-4-5-13-22-20)18-14-23-19-7-3-2-6-17(18)19/h2-14,21,23H,1H3. The summed E-state index contributed by atoms with van der Waals surface area (Å²) in [4.78, 5) is 7.99. The highest BCUT2D eigenvalue weighted by Gasteiger charge is 2.21. The number of benzene rings is 2. The van der Waals surface area contributed by atoms with E-state index in [1.54, 1.807) is 7.11 Å². The number of aromatic nitrogens is 2.